The van der Waals surface area contributed by atoms with Crippen LogP contribution in [0, 0.1) is 0 Å². The minimum Gasteiger partial charge on any atom is -0.197 e. The van der Waals surface area contributed by atoms with Gasteiger partial charge in [0.2, 0.25) is 0 Å². The molecule has 0 aliphatic heterocycles. The van der Waals surface area contributed by atoms with E-state index in [0.717, 1.165) is 5.02 Å². The maximum atomic E-state index is 6.03. The Hall–Kier alpha value is -2.00. The zero-order chi connectivity index (χ0) is 16.4. The lowest BCUT2D eigenvalue weighted by atomic mass is 10.0. The second-order valence-electron chi connectivity index (χ2n) is 5.59. The third kappa shape index (κ3) is 3.82. The lowest BCUT2D eigenvalue weighted by molar-refractivity contribution is 1.64. The van der Waals surface area contributed by atoms with Gasteiger partial charge in [0.05, 0.1) is 0 Å². The van der Waals surface area contributed by atoms with Crippen LogP contribution in [0.1, 0.15) is 0 Å². The van der Waals surface area contributed by atoms with Crippen molar-refractivity contribution in [2.45, 2.75) is 0 Å². The van der Waals surface area contributed by atoms with E-state index in [1.165, 1.54) is 32.0 Å². The lowest BCUT2D eigenvalue weighted by Gasteiger charge is -2.03. The van der Waals surface area contributed by atoms with Crippen LogP contribution < -0.4 is 0 Å². The molecule has 3 heteroatoms. The van der Waals surface area contributed by atoms with Crippen LogP contribution in [0.5, 0.6) is 0 Å². The first-order valence-electron chi connectivity index (χ1n) is 7.82. The third-order valence-corrected chi connectivity index (χ3v) is 5.47. The van der Waals surface area contributed by atoms with E-state index in [2.05, 4.69) is 78.9 Å². The molecule has 1 aromatic heterocycles. The summed E-state index contributed by atoms with van der Waals surface area (Å²) in [5, 5.41) is 0.766. The molecule has 0 saturated heterocycles. The fourth-order valence-corrected chi connectivity index (χ4v) is 4.10. The average molecular weight is 381 g/mol. The van der Waals surface area contributed by atoms with Crippen LogP contribution in [0.25, 0.3) is 32.0 Å². The summed E-state index contributed by atoms with van der Waals surface area (Å²) in [4.78, 5) is 2.55. The Labute approximate surface area is 164 Å². The van der Waals surface area contributed by atoms with Crippen molar-refractivity contribution in [2.75, 3.05) is 0 Å². The van der Waals surface area contributed by atoms with E-state index in [9.17, 15) is 0 Å². The van der Waals surface area contributed by atoms with E-state index >= 15 is 0 Å². The molecule has 0 fully saturated rings. The zero-order valence-electron chi connectivity index (χ0n) is 13.4. The molecule has 4 rings (SSSR count). The highest BCUT2D eigenvalue weighted by atomic mass is 35.5. The summed E-state index contributed by atoms with van der Waals surface area (Å²) in [6.07, 6.45) is 0. The number of hydrogen-bond donors (Lipinski definition) is 0. The lowest BCUT2D eigenvalue weighted by Crippen LogP contribution is -1.78. The van der Waals surface area contributed by atoms with Crippen molar-refractivity contribution in [3.63, 3.8) is 0 Å². The Bertz CT molecular complexity index is 886. The molecule has 0 radical (unpaired) electrons. The topological polar surface area (TPSA) is 0 Å². The predicted octanol–water partition coefficient (Wildman–Crippen LogP) is 7.52. The van der Waals surface area contributed by atoms with Crippen LogP contribution in [0.2, 0.25) is 5.02 Å². The van der Waals surface area contributed by atoms with E-state index in [1.807, 2.05) is 23.5 Å². The molecule has 0 bridgehead atoms. The van der Waals surface area contributed by atoms with Crippen LogP contribution in [0.15, 0.2) is 91.0 Å². The Kier molecular flexibility index (Phi) is 5.64. The molecule has 0 aliphatic rings. The van der Waals surface area contributed by atoms with Crippen LogP contribution in [0.4, 0.5) is 0 Å². The molecule has 0 spiro atoms. The smallest absolute Gasteiger partial charge is 0.0427 e. The molecule has 1 heterocycles. The number of benzene rings is 3. The molecule has 124 valence electrons. The molecule has 0 atom stereocenters. The number of thiophene rings is 1. The van der Waals surface area contributed by atoms with Crippen LogP contribution in [-0.2, 0) is 0 Å². The summed E-state index contributed by atoms with van der Waals surface area (Å²) < 4.78 is 0. The normalized spacial score (nSPS) is 10.3. The fraction of sp³-hybridized carbons (Fsp3) is 0. The standard InChI is InChI=1S/C22H15ClS.H2S/c23-19-13-11-17(12-14-19)21-15-20(16-7-3-1-4-8-16)22(24-21)18-9-5-2-6-10-18;/h1-15H;1H2. The van der Waals surface area contributed by atoms with Gasteiger partial charge in [0.15, 0.2) is 0 Å². The fourth-order valence-electron chi connectivity index (χ4n) is 2.78. The van der Waals surface area contributed by atoms with Gasteiger partial charge in [-0.05, 0) is 34.9 Å². The summed E-state index contributed by atoms with van der Waals surface area (Å²) >= 11 is 7.85. The van der Waals surface area contributed by atoms with Gasteiger partial charge in [0, 0.05) is 20.3 Å². The molecule has 0 amide bonds. The number of halogens is 1. The molecule has 0 N–H and O–H groups in total. The molecule has 25 heavy (non-hydrogen) atoms. The summed E-state index contributed by atoms with van der Waals surface area (Å²) in [5.74, 6) is 0. The minimum absolute atomic E-state index is 0. The maximum absolute atomic E-state index is 6.03. The van der Waals surface area contributed by atoms with Crippen molar-refractivity contribution in [2.24, 2.45) is 0 Å². The molecule has 3 aromatic carbocycles. The van der Waals surface area contributed by atoms with E-state index in [4.69, 9.17) is 11.6 Å². The van der Waals surface area contributed by atoms with Gasteiger partial charge in [-0.15, -0.1) is 11.3 Å². The van der Waals surface area contributed by atoms with Gasteiger partial charge < -0.3 is 0 Å². The van der Waals surface area contributed by atoms with Crippen molar-refractivity contribution < 1.29 is 0 Å². The van der Waals surface area contributed by atoms with Crippen molar-refractivity contribution in [3.8, 4) is 32.0 Å². The number of rotatable bonds is 3. The van der Waals surface area contributed by atoms with Crippen molar-refractivity contribution in [1.29, 1.82) is 0 Å². The monoisotopic (exact) mass is 380 g/mol. The van der Waals surface area contributed by atoms with Crippen molar-refractivity contribution >= 4 is 36.4 Å². The summed E-state index contributed by atoms with van der Waals surface area (Å²) in [6, 6.07) is 31.5. The van der Waals surface area contributed by atoms with Gasteiger partial charge in [-0.2, -0.15) is 13.5 Å². The minimum atomic E-state index is 0. The molecule has 0 unspecified atom stereocenters. The van der Waals surface area contributed by atoms with Gasteiger partial charge >= 0.3 is 0 Å². The Morgan fingerprint density at radius 1 is 0.600 bits per heavy atom. The second kappa shape index (κ2) is 7.92. The van der Waals surface area contributed by atoms with Gasteiger partial charge in [-0.3, -0.25) is 0 Å². The largest absolute Gasteiger partial charge is 0.197 e. The van der Waals surface area contributed by atoms with Gasteiger partial charge in [-0.25, -0.2) is 0 Å². The van der Waals surface area contributed by atoms with Crippen LogP contribution in [-0.4, -0.2) is 0 Å². The molecular weight excluding hydrogens is 364 g/mol. The first-order valence-corrected chi connectivity index (χ1v) is 9.01. The summed E-state index contributed by atoms with van der Waals surface area (Å²) in [6.45, 7) is 0. The van der Waals surface area contributed by atoms with Crippen LogP contribution >= 0.6 is 36.4 Å². The molecular formula is C22H17ClS2. The SMILES string of the molecule is Clc1ccc(-c2cc(-c3ccccc3)c(-c3ccccc3)s2)cc1.S. The van der Waals surface area contributed by atoms with Gasteiger partial charge in [0.25, 0.3) is 0 Å². The van der Waals surface area contributed by atoms with Gasteiger partial charge in [-0.1, -0.05) is 84.4 Å². The van der Waals surface area contributed by atoms with Gasteiger partial charge in [0.1, 0.15) is 0 Å². The predicted molar refractivity (Wildman–Crippen MR) is 116 cm³/mol. The molecule has 0 aliphatic carbocycles. The van der Waals surface area contributed by atoms with Crippen molar-refractivity contribution in [3.05, 3.63) is 96.0 Å². The maximum Gasteiger partial charge on any atom is 0.0427 e. The van der Waals surface area contributed by atoms with E-state index in [-0.39, 0.29) is 13.5 Å². The second-order valence-corrected chi connectivity index (χ2v) is 7.08. The highest BCUT2D eigenvalue weighted by Gasteiger charge is 2.13. The first kappa shape index (κ1) is 17.8. The Morgan fingerprint density at radius 2 is 1.16 bits per heavy atom. The highest BCUT2D eigenvalue weighted by Crippen LogP contribution is 2.43. The van der Waals surface area contributed by atoms with E-state index in [1.54, 1.807) is 0 Å². The van der Waals surface area contributed by atoms with E-state index < -0.39 is 0 Å². The Morgan fingerprint density at radius 3 is 1.76 bits per heavy atom. The molecule has 0 nitrogen and oxygen atoms in total. The summed E-state index contributed by atoms with van der Waals surface area (Å²) in [5.41, 5.74) is 4.97. The van der Waals surface area contributed by atoms with Crippen LogP contribution in [0.3, 0.4) is 0 Å². The number of hydrogen-bond acceptors (Lipinski definition) is 1. The highest BCUT2D eigenvalue weighted by molar-refractivity contribution is 7.59. The molecule has 4 aromatic rings. The molecule has 0 saturated carbocycles. The quantitative estimate of drug-likeness (QED) is 0.345. The Balaban J connectivity index is 0.00000182. The zero-order valence-corrected chi connectivity index (χ0v) is 16.0. The summed E-state index contributed by atoms with van der Waals surface area (Å²) in [7, 11) is 0. The van der Waals surface area contributed by atoms with Crippen molar-refractivity contribution in [1.82, 2.24) is 0 Å². The first-order chi connectivity index (χ1) is 11.8. The van der Waals surface area contributed by atoms with E-state index in [0.29, 0.717) is 0 Å². The average Bonchev–Trinajstić information content (AvgIpc) is 3.09. The third-order valence-electron chi connectivity index (χ3n) is 3.98.